The highest BCUT2D eigenvalue weighted by Crippen LogP contribution is 2.38. The minimum absolute atomic E-state index is 0.282. The fraction of sp³-hybridized carbons (Fsp3) is 0.235. The Morgan fingerprint density at radius 1 is 1.17 bits per heavy atom. The Bertz CT molecular complexity index is 1400. The van der Waals surface area contributed by atoms with Gasteiger partial charge in [0.2, 0.25) is 0 Å². The van der Waals surface area contributed by atoms with Gasteiger partial charge in [-0.1, -0.05) is 0 Å². The van der Waals surface area contributed by atoms with Crippen molar-refractivity contribution in [2.24, 2.45) is 0 Å². The Morgan fingerprint density at radius 2 is 1.97 bits per heavy atom. The maximum absolute atomic E-state index is 13.1. The molecule has 5 aromatic heterocycles. The molecule has 12 heteroatoms. The van der Waals surface area contributed by atoms with E-state index < -0.39 is 11.9 Å². The first-order chi connectivity index (χ1) is 13.7. The third kappa shape index (κ3) is 2.97. The molecule has 0 N–H and O–H groups in total. The summed E-state index contributed by atoms with van der Waals surface area (Å²) >= 11 is 4.55. The van der Waals surface area contributed by atoms with Gasteiger partial charge in [-0.25, -0.2) is 19.5 Å². The van der Waals surface area contributed by atoms with Gasteiger partial charge < -0.3 is 0 Å². The van der Waals surface area contributed by atoms with Crippen LogP contribution >= 0.6 is 27.3 Å². The zero-order valence-electron chi connectivity index (χ0n) is 15.0. The number of nitrogens with zero attached hydrogens (tertiary/aromatic N) is 7. The molecule has 5 rings (SSSR count). The number of fused-ring (bicyclic) bond motifs is 5. The van der Waals surface area contributed by atoms with Crippen LogP contribution in [-0.4, -0.2) is 34.3 Å². The summed E-state index contributed by atoms with van der Waals surface area (Å²) in [5, 5.41) is 9.40. The van der Waals surface area contributed by atoms with Gasteiger partial charge in [0.15, 0.2) is 11.5 Å². The minimum atomic E-state index is -4.50. The predicted octanol–water partition coefficient (Wildman–Crippen LogP) is 4.53. The quantitative estimate of drug-likeness (QED) is 0.370. The largest absolute Gasteiger partial charge is 0.433 e. The summed E-state index contributed by atoms with van der Waals surface area (Å²) < 4.78 is 44.2. The molecule has 0 radical (unpaired) electrons. The van der Waals surface area contributed by atoms with Gasteiger partial charge in [-0.05, 0) is 41.4 Å². The van der Waals surface area contributed by atoms with Crippen LogP contribution in [0.4, 0.5) is 13.2 Å². The molecule has 5 heterocycles. The van der Waals surface area contributed by atoms with E-state index in [0.717, 1.165) is 27.6 Å². The molecule has 0 bridgehead atoms. The first-order valence-electron chi connectivity index (χ1n) is 8.41. The molecule has 0 aromatic carbocycles. The summed E-state index contributed by atoms with van der Waals surface area (Å²) in [5.41, 5.74) is 1.52. The second kappa shape index (κ2) is 6.20. The fourth-order valence-electron chi connectivity index (χ4n) is 3.19. The Morgan fingerprint density at radius 3 is 2.66 bits per heavy atom. The number of alkyl halides is 3. The van der Waals surface area contributed by atoms with Crippen LogP contribution in [0.5, 0.6) is 0 Å². The highest BCUT2D eigenvalue weighted by Gasteiger charge is 2.33. The summed E-state index contributed by atoms with van der Waals surface area (Å²) in [6, 6.07) is 1.05. The van der Waals surface area contributed by atoms with Gasteiger partial charge in [-0.2, -0.15) is 18.3 Å². The first kappa shape index (κ1) is 18.4. The van der Waals surface area contributed by atoms with E-state index in [-0.39, 0.29) is 4.83 Å². The van der Waals surface area contributed by atoms with Crippen molar-refractivity contribution in [3.63, 3.8) is 0 Å². The van der Waals surface area contributed by atoms with Crippen molar-refractivity contribution < 1.29 is 13.2 Å². The van der Waals surface area contributed by atoms with Gasteiger partial charge in [-0.15, -0.1) is 16.4 Å². The zero-order valence-corrected chi connectivity index (χ0v) is 17.4. The Hall–Kier alpha value is -2.60. The predicted molar refractivity (Wildman–Crippen MR) is 105 cm³/mol. The van der Waals surface area contributed by atoms with Crippen molar-refractivity contribution in [3.05, 3.63) is 45.8 Å². The number of pyridine rings is 1. The van der Waals surface area contributed by atoms with Gasteiger partial charge in [0.1, 0.15) is 28.1 Å². The molecule has 148 valence electrons. The van der Waals surface area contributed by atoms with Crippen LogP contribution in [0.3, 0.4) is 0 Å². The summed E-state index contributed by atoms with van der Waals surface area (Å²) in [4.78, 5) is 13.1. The zero-order chi connectivity index (χ0) is 20.5. The smallest absolute Gasteiger partial charge is 0.264 e. The molecule has 0 spiro atoms. The molecule has 29 heavy (non-hydrogen) atoms. The molecule has 0 aliphatic rings. The third-order valence-corrected chi connectivity index (χ3v) is 6.34. The average Bonchev–Trinajstić information content (AvgIpc) is 3.29. The second-order valence-electron chi connectivity index (χ2n) is 6.58. The van der Waals surface area contributed by atoms with E-state index in [1.807, 2.05) is 13.1 Å². The molecule has 0 saturated heterocycles. The fourth-order valence-corrected chi connectivity index (χ4v) is 4.68. The Kier molecular flexibility index (Phi) is 3.94. The van der Waals surface area contributed by atoms with Crippen LogP contribution in [0, 0.1) is 13.8 Å². The van der Waals surface area contributed by atoms with E-state index in [4.69, 9.17) is 0 Å². The monoisotopic (exact) mass is 481 g/mol. The number of hydrogen-bond donors (Lipinski definition) is 0. The van der Waals surface area contributed by atoms with E-state index in [2.05, 4.69) is 41.1 Å². The lowest BCUT2D eigenvalue weighted by molar-refractivity contribution is -0.141. The van der Waals surface area contributed by atoms with Crippen molar-refractivity contribution in [1.29, 1.82) is 0 Å². The number of aromatic nitrogens is 7. The standard InChI is InChI=1S/C17H11BrF3N7S/c1-7-3-10(17(19,20)21)23-16-12(7)13-14(29-16)15-24-11(26-28(15)6-22-13)5-27-4-9(18)8(2)25-27/h3-4,6H,5H2,1-2H3. The first-order valence-corrected chi connectivity index (χ1v) is 10.0. The minimum Gasteiger partial charge on any atom is -0.264 e. The van der Waals surface area contributed by atoms with Crippen molar-refractivity contribution >= 4 is 53.3 Å². The maximum atomic E-state index is 13.1. The number of aryl methyl sites for hydroxylation is 2. The van der Waals surface area contributed by atoms with Crippen LogP contribution in [0.25, 0.3) is 26.1 Å². The van der Waals surface area contributed by atoms with Crippen LogP contribution in [0.2, 0.25) is 0 Å². The number of hydrogen-bond acceptors (Lipinski definition) is 6. The molecule has 0 amide bonds. The molecule has 0 aliphatic heterocycles. The maximum Gasteiger partial charge on any atom is 0.433 e. The van der Waals surface area contributed by atoms with E-state index in [1.165, 1.54) is 10.8 Å². The Labute approximate surface area is 173 Å². The molecule has 0 fully saturated rings. The molecule has 0 saturated carbocycles. The van der Waals surface area contributed by atoms with Crippen molar-refractivity contribution in [1.82, 2.24) is 34.3 Å². The van der Waals surface area contributed by atoms with Gasteiger partial charge in [0.05, 0.1) is 15.7 Å². The lowest BCUT2D eigenvalue weighted by Gasteiger charge is -2.06. The van der Waals surface area contributed by atoms with Crippen LogP contribution < -0.4 is 0 Å². The number of rotatable bonds is 2. The van der Waals surface area contributed by atoms with Crippen LogP contribution in [0.15, 0.2) is 23.1 Å². The SMILES string of the molecule is Cc1nn(Cc2nc3c4sc5nc(C(F)(F)F)cc(C)c5c4ncn3n2)cc1Br. The lowest BCUT2D eigenvalue weighted by atomic mass is 10.1. The molecular weight excluding hydrogens is 471 g/mol. The lowest BCUT2D eigenvalue weighted by Crippen LogP contribution is -2.07. The Balaban J connectivity index is 1.68. The van der Waals surface area contributed by atoms with Gasteiger partial charge in [0.25, 0.3) is 0 Å². The highest BCUT2D eigenvalue weighted by atomic mass is 79.9. The third-order valence-electron chi connectivity index (χ3n) is 4.49. The second-order valence-corrected chi connectivity index (χ2v) is 8.44. The number of thiophene rings is 1. The summed E-state index contributed by atoms with van der Waals surface area (Å²) in [5.74, 6) is 0.521. The summed E-state index contributed by atoms with van der Waals surface area (Å²) in [7, 11) is 0. The highest BCUT2D eigenvalue weighted by molar-refractivity contribution is 9.10. The van der Waals surface area contributed by atoms with E-state index >= 15 is 0 Å². The molecule has 0 atom stereocenters. The van der Waals surface area contributed by atoms with E-state index in [1.54, 1.807) is 11.6 Å². The molecule has 0 unspecified atom stereocenters. The summed E-state index contributed by atoms with van der Waals surface area (Å²) in [6.45, 7) is 3.87. The van der Waals surface area contributed by atoms with Crippen LogP contribution in [0.1, 0.15) is 22.8 Å². The van der Waals surface area contributed by atoms with Crippen molar-refractivity contribution in [3.8, 4) is 0 Å². The van der Waals surface area contributed by atoms with Gasteiger partial charge in [-0.3, -0.25) is 4.68 Å². The van der Waals surface area contributed by atoms with Crippen molar-refractivity contribution in [2.75, 3.05) is 0 Å². The molecular formula is C17H11BrF3N7S. The van der Waals surface area contributed by atoms with Gasteiger partial charge >= 0.3 is 6.18 Å². The normalized spacial score (nSPS) is 12.6. The van der Waals surface area contributed by atoms with Gasteiger partial charge in [0, 0.05) is 11.6 Å². The van der Waals surface area contributed by atoms with E-state index in [9.17, 15) is 13.2 Å². The number of halogens is 4. The summed E-state index contributed by atoms with van der Waals surface area (Å²) in [6.07, 6.45) is -1.15. The van der Waals surface area contributed by atoms with Crippen molar-refractivity contribution in [2.45, 2.75) is 26.6 Å². The molecule has 7 nitrogen and oxygen atoms in total. The average molecular weight is 482 g/mol. The molecule has 5 aromatic rings. The molecule has 0 aliphatic carbocycles. The van der Waals surface area contributed by atoms with Crippen LogP contribution in [-0.2, 0) is 12.7 Å². The topological polar surface area (TPSA) is 73.8 Å². The van der Waals surface area contributed by atoms with E-state index in [0.29, 0.717) is 39.2 Å².